The molecule has 1 heterocycles. The molecule has 2 N–H and O–H groups in total. The second-order valence-electron chi connectivity index (χ2n) is 3.16. The molecule has 0 fully saturated rings. The van der Waals surface area contributed by atoms with Gasteiger partial charge in [-0.25, -0.2) is 8.78 Å². The summed E-state index contributed by atoms with van der Waals surface area (Å²) in [7, 11) is 1.17. The number of benzene rings is 1. The maximum atomic E-state index is 13.8. The lowest BCUT2D eigenvalue weighted by Crippen LogP contribution is -1.97. The number of rotatable bonds is 3. The summed E-state index contributed by atoms with van der Waals surface area (Å²) in [5.41, 5.74) is 5.28. The molecule has 0 bridgehead atoms. The van der Waals surface area contributed by atoms with Crippen LogP contribution in [0.4, 0.5) is 8.78 Å². The molecular weight excluding hydrogens is 232 g/mol. The van der Waals surface area contributed by atoms with E-state index in [4.69, 9.17) is 10.3 Å². The van der Waals surface area contributed by atoms with Gasteiger partial charge >= 0.3 is 0 Å². The third-order valence-corrected chi connectivity index (χ3v) is 2.14. The van der Waals surface area contributed by atoms with Gasteiger partial charge in [0.25, 0.3) is 0 Å². The number of halogens is 2. The first-order valence-corrected chi connectivity index (χ1v) is 4.72. The molecule has 0 atom stereocenters. The molecule has 0 unspecified atom stereocenters. The van der Waals surface area contributed by atoms with Gasteiger partial charge in [0.1, 0.15) is 0 Å². The van der Waals surface area contributed by atoms with E-state index in [1.54, 1.807) is 0 Å². The minimum Gasteiger partial charge on any atom is -0.491 e. The topological polar surface area (TPSA) is 74.2 Å². The molecule has 2 aromatic rings. The predicted octanol–water partition coefficient (Wildman–Crippen LogP) is 1.48. The highest BCUT2D eigenvalue weighted by molar-refractivity contribution is 5.58. The first-order chi connectivity index (χ1) is 8.17. The molecule has 0 radical (unpaired) electrons. The van der Waals surface area contributed by atoms with Gasteiger partial charge < -0.3 is 15.0 Å². The third-order valence-electron chi connectivity index (χ3n) is 2.14. The number of hydrogen-bond acceptors (Lipinski definition) is 5. The minimum absolute atomic E-state index is 0.00116. The van der Waals surface area contributed by atoms with Crippen molar-refractivity contribution in [2.75, 3.05) is 7.11 Å². The summed E-state index contributed by atoms with van der Waals surface area (Å²) in [5, 5.41) is 3.54. The number of methoxy groups -OCH3 is 1. The van der Waals surface area contributed by atoms with Gasteiger partial charge in [-0.3, -0.25) is 0 Å². The lowest BCUT2D eigenvalue weighted by atomic mass is 10.2. The van der Waals surface area contributed by atoms with Crippen molar-refractivity contribution in [3.8, 4) is 17.1 Å². The Morgan fingerprint density at radius 3 is 2.76 bits per heavy atom. The number of ether oxygens (including phenoxy) is 1. The van der Waals surface area contributed by atoms with Gasteiger partial charge in [0.05, 0.1) is 19.2 Å². The van der Waals surface area contributed by atoms with E-state index in [1.807, 2.05) is 0 Å². The van der Waals surface area contributed by atoms with Crippen LogP contribution in [-0.2, 0) is 6.54 Å². The molecule has 2 rings (SSSR count). The summed E-state index contributed by atoms with van der Waals surface area (Å²) in [6.07, 6.45) is 0. The monoisotopic (exact) mass is 241 g/mol. The average Bonchev–Trinajstić information content (AvgIpc) is 2.78. The zero-order valence-corrected chi connectivity index (χ0v) is 8.91. The van der Waals surface area contributed by atoms with Crippen molar-refractivity contribution in [1.29, 1.82) is 0 Å². The molecule has 0 amide bonds. The van der Waals surface area contributed by atoms with Gasteiger partial charge in [-0.1, -0.05) is 5.16 Å². The third kappa shape index (κ3) is 1.96. The largest absolute Gasteiger partial charge is 0.491 e. The maximum absolute atomic E-state index is 13.8. The van der Waals surface area contributed by atoms with Crippen molar-refractivity contribution < 1.29 is 18.0 Å². The molecule has 7 heteroatoms. The standard InChI is InChI=1S/C10H9F2N3O2/c1-16-9-6(11)3-2-5(8(9)12)10-14-7(4-13)17-15-10/h2-3H,4,13H2,1H3. The summed E-state index contributed by atoms with van der Waals surface area (Å²) in [5.74, 6) is -1.99. The van der Waals surface area contributed by atoms with Crippen LogP contribution >= 0.6 is 0 Å². The molecule has 0 saturated heterocycles. The van der Waals surface area contributed by atoms with Crippen LogP contribution in [0.5, 0.6) is 5.75 Å². The quantitative estimate of drug-likeness (QED) is 0.881. The van der Waals surface area contributed by atoms with E-state index in [-0.39, 0.29) is 23.8 Å². The number of aromatic nitrogens is 2. The van der Waals surface area contributed by atoms with E-state index in [9.17, 15) is 8.78 Å². The van der Waals surface area contributed by atoms with Crippen LogP contribution in [0.2, 0.25) is 0 Å². The fourth-order valence-electron chi connectivity index (χ4n) is 1.34. The smallest absolute Gasteiger partial charge is 0.240 e. The molecule has 0 aliphatic rings. The second kappa shape index (κ2) is 4.46. The van der Waals surface area contributed by atoms with E-state index in [0.29, 0.717) is 0 Å². The molecule has 5 nitrogen and oxygen atoms in total. The zero-order valence-electron chi connectivity index (χ0n) is 8.91. The molecule has 0 saturated carbocycles. The molecule has 1 aromatic carbocycles. The van der Waals surface area contributed by atoms with Crippen LogP contribution in [0.25, 0.3) is 11.4 Å². The van der Waals surface area contributed by atoms with Crippen LogP contribution in [0.3, 0.4) is 0 Å². The lowest BCUT2D eigenvalue weighted by Gasteiger charge is -2.05. The van der Waals surface area contributed by atoms with Crippen LogP contribution in [-0.4, -0.2) is 17.3 Å². The van der Waals surface area contributed by atoms with Crippen LogP contribution < -0.4 is 10.5 Å². The van der Waals surface area contributed by atoms with Crippen LogP contribution in [0.1, 0.15) is 5.89 Å². The first-order valence-electron chi connectivity index (χ1n) is 4.72. The molecule has 0 aliphatic carbocycles. The highest BCUT2D eigenvalue weighted by Crippen LogP contribution is 2.29. The van der Waals surface area contributed by atoms with Crippen molar-refractivity contribution in [3.63, 3.8) is 0 Å². The molecule has 90 valence electrons. The van der Waals surface area contributed by atoms with Gasteiger partial charge in [-0.15, -0.1) is 0 Å². The van der Waals surface area contributed by atoms with Crippen molar-refractivity contribution in [2.24, 2.45) is 5.73 Å². The van der Waals surface area contributed by atoms with Crippen molar-refractivity contribution in [1.82, 2.24) is 10.1 Å². The van der Waals surface area contributed by atoms with Gasteiger partial charge in [0.2, 0.25) is 11.7 Å². The molecule has 0 aliphatic heterocycles. The average molecular weight is 241 g/mol. The fourth-order valence-corrected chi connectivity index (χ4v) is 1.34. The number of hydrogen-bond donors (Lipinski definition) is 1. The van der Waals surface area contributed by atoms with Crippen molar-refractivity contribution in [3.05, 3.63) is 29.7 Å². The van der Waals surface area contributed by atoms with Gasteiger partial charge in [-0.2, -0.15) is 4.98 Å². The van der Waals surface area contributed by atoms with Crippen molar-refractivity contribution in [2.45, 2.75) is 6.54 Å². The Balaban J connectivity index is 2.52. The van der Waals surface area contributed by atoms with E-state index < -0.39 is 17.4 Å². The Bertz CT molecular complexity index is 542. The van der Waals surface area contributed by atoms with E-state index in [2.05, 4.69) is 14.9 Å². The van der Waals surface area contributed by atoms with Crippen LogP contribution in [0.15, 0.2) is 16.7 Å². The summed E-state index contributed by atoms with van der Waals surface area (Å²) in [6, 6.07) is 2.27. The van der Waals surface area contributed by atoms with Gasteiger partial charge in [0, 0.05) is 0 Å². The SMILES string of the molecule is COc1c(F)ccc(-c2noc(CN)n2)c1F. The number of nitrogens with zero attached hydrogens (tertiary/aromatic N) is 2. The minimum atomic E-state index is -0.878. The Labute approximate surface area is 95.2 Å². The summed E-state index contributed by atoms with van der Waals surface area (Å²) < 4.78 is 36.3. The Morgan fingerprint density at radius 1 is 1.41 bits per heavy atom. The Hall–Kier alpha value is -2.02. The summed E-state index contributed by atoms with van der Waals surface area (Å²) in [6.45, 7) is 0.0486. The van der Waals surface area contributed by atoms with Crippen molar-refractivity contribution >= 4 is 0 Å². The summed E-state index contributed by atoms with van der Waals surface area (Å²) in [4.78, 5) is 3.84. The van der Waals surface area contributed by atoms with E-state index in [1.165, 1.54) is 13.2 Å². The molecule has 0 spiro atoms. The molecular formula is C10H9F2N3O2. The van der Waals surface area contributed by atoms with Crippen LogP contribution in [0, 0.1) is 11.6 Å². The fraction of sp³-hybridized carbons (Fsp3) is 0.200. The van der Waals surface area contributed by atoms with E-state index in [0.717, 1.165) is 6.07 Å². The zero-order chi connectivity index (χ0) is 12.4. The van der Waals surface area contributed by atoms with Gasteiger partial charge in [-0.05, 0) is 12.1 Å². The Kier molecular flexibility index (Phi) is 3.01. The van der Waals surface area contributed by atoms with E-state index >= 15 is 0 Å². The normalized spacial score (nSPS) is 10.6. The number of nitrogens with two attached hydrogens (primary N) is 1. The predicted molar refractivity (Wildman–Crippen MR) is 54.1 cm³/mol. The van der Waals surface area contributed by atoms with Gasteiger partial charge in [0.15, 0.2) is 17.4 Å². The second-order valence-corrected chi connectivity index (χ2v) is 3.16. The molecule has 17 heavy (non-hydrogen) atoms. The highest BCUT2D eigenvalue weighted by atomic mass is 19.1. The lowest BCUT2D eigenvalue weighted by molar-refractivity contribution is 0.360. The summed E-state index contributed by atoms with van der Waals surface area (Å²) >= 11 is 0. The molecule has 1 aromatic heterocycles. The first kappa shape index (κ1) is 11.5. The Morgan fingerprint density at radius 2 is 2.18 bits per heavy atom. The highest BCUT2D eigenvalue weighted by Gasteiger charge is 2.19. The maximum Gasteiger partial charge on any atom is 0.240 e.